The molecular formula is C35H38Cl3N3S2. The van der Waals surface area contributed by atoms with E-state index < -0.39 is 0 Å². The summed E-state index contributed by atoms with van der Waals surface area (Å²) in [5.41, 5.74) is 6.39. The normalized spacial score (nSPS) is 13.9. The third kappa shape index (κ3) is 8.55. The van der Waals surface area contributed by atoms with E-state index >= 15 is 0 Å². The molecule has 3 nitrogen and oxygen atoms in total. The largest absolute Gasteiger partial charge is 0.340 e. The van der Waals surface area contributed by atoms with Crippen molar-refractivity contribution in [2.45, 2.75) is 32.4 Å². The predicted molar refractivity (Wildman–Crippen MR) is 192 cm³/mol. The van der Waals surface area contributed by atoms with Gasteiger partial charge in [-0.2, -0.15) is 0 Å². The average molecular weight is 671 g/mol. The van der Waals surface area contributed by atoms with Crippen molar-refractivity contribution in [3.8, 4) is 0 Å². The number of rotatable bonds is 7. The quantitative estimate of drug-likeness (QED) is 0.170. The topological polar surface area (TPSA) is 9.72 Å². The molecule has 0 aromatic heterocycles. The number of anilines is 2. The zero-order valence-electron chi connectivity index (χ0n) is 25.0. The molecule has 226 valence electrons. The SMILES string of the molecule is CN(C)CCC=C1c2ccccc2Sc2ccc(Cl)cc21.CN(C)CCCN1c2ccccc2Sc2ccc(Cl)cc21.Cl. The first-order chi connectivity index (χ1) is 20.3. The standard InChI is InChI=1S/C18H18ClNS.C17H19ClN2S.ClH/c1-20(2)11-5-7-14-15-6-3-4-8-17(15)21-18-10-9-13(19)12-16(14)18;1-19(2)10-5-11-20-14-6-3-4-7-16(14)21-17-9-8-13(18)12-15(17)20;/h3-4,6-10,12H,5,11H2,1-2H3;3-4,6-9,12H,5,10-11H2,1-2H3;1H. The molecule has 0 aliphatic carbocycles. The average Bonchev–Trinajstić information content (AvgIpc) is 2.97. The predicted octanol–water partition coefficient (Wildman–Crippen LogP) is 10.5. The van der Waals surface area contributed by atoms with Gasteiger partial charge in [-0.05, 0) is 119 Å². The molecule has 0 saturated heterocycles. The monoisotopic (exact) mass is 669 g/mol. The molecule has 4 aromatic rings. The van der Waals surface area contributed by atoms with E-state index in [-0.39, 0.29) is 12.4 Å². The van der Waals surface area contributed by atoms with Crippen molar-refractivity contribution in [2.24, 2.45) is 0 Å². The van der Waals surface area contributed by atoms with Crippen LogP contribution in [0.2, 0.25) is 10.0 Å². The Morgan fingerprint density at radius 2 is 1.23 bits per heavy atom. The van der Waals surface area contributed by atoms with Crippen LogP contribution in [0.25, 0.3) is 5.57 Å². The summed E-state index contributed by atoms with van der Waals surface area (Å²) in [5.74, 6) is 0. The lowest BCUT2D eigenvalue weighted by molar-refractivity contribution is 0.402. The fourth-order valence-corrected chi connectivity index (χ4v) is 7.62. The molecule has 2 heterocycles. The molecule has 0 N–H and O–H groups in total. The van der Waals surface area contributed by atoms with Crippen LogP contribution in [0.1, 0.15) is 24.0 Å². The lowest BCUT2D eigenvalue weighted by Crippen LogP contribution is -2.25. The van der Waals surface area contributed by atoms with Gasteiger partial charge < -0.3 is 14.7 Å². The van der Waals surface area contributed by atoms with Crippen molar-refractivity contribution >= 4 is 76.1 Å². The van der Waals surface area contributed by atoms with E-state index in [4.69, 9.17) is 23.2 Å². The van der Waals surface area contributed by atoms with E-state index in [0.717, 1.165) is 42.5 Å². The Balaban J connectivity index is 0.000000192. The van der Waals surface area contributed by atoms with Gasteiger partial charge in [0.2, 0.25) is 0 Å². The van der Waals surface area contributed by atoms with E-state index in [1.807, 2.05) is 35.7 Å². The summed E-state index contributed by atoms with van der Waals surface area (Å²) in [6.07, 6.45) is 4.50. The second kappa shape index (κ2) is 15.8. The number of hydrogen-bond acceptors (Lipinski definition) is 5. The molecule has 0 saturated carbocycles. The van der Waals surface area contributed by atoms with Gasteiger partial charge in [0, 0.05) is 42.7 Å². The molecule has 2 aliphatic heterocycles. The Labute approximate surface area is 281 Å². The smallest absolute Gasteiger partial charge is 0.0567 e. The molecule has 8 heteroatoms. The Hall–Kier alpha value is -2.09. The molecule has 6 rings (SSSR count). The van der Waals surface area contributed by atoms with Gasteiger partial charge in [0.1, 0.15) is 0 Å². The molecular weight excluding hydrogens is 633 g/mol. The molecule has 0 unspecified atom stereocenters. The van der Waals surface area contributed by atoms with Gasteiger partial charge in [-0.15, -0.1) is 12.4 Å². The summed E-state index contributed by atoms with van der Waals surface area (Å²) in [4.78, 5) is 12.0. The van der Waals surface area contributed by atoms with Crippen LogP contribution in [0.15, 0.2) is 111 Å². The van der Waals surface area contributed by atoms with Crippen molar-refractivity contribution in [1.29, 1.82) is 0 Å². The molecule has 0 bridgehead atoms. The second-order valence-corrected chi connectivity index (χ2v) is 14.0. The van der Waals surface area contributed by atoms with E-state index in [2.05, 4.69) is 122 Å². The first-order valence-corrected chi connectivity index (χ1v) is 16.6. The van der Waals surface area contributed by atoms with Gasteiger partial charge in [0.15, 0.2) is 0 Å². The lowest BCUT2D eigenvalue weighted by atomic mass is 9.96. The number of nitrogens with zero attached hydrogens (tertiary/aromatic N) is 3. The molecule has 2 aliphatic rings. The lowest BCUT2D eigenvalue weighted by Gasteiger charge is -2.33. The number of benzene rings is 4. The van der Waals surface area contributed by atoms with Crippen molar-refractivity contribution < 1.29 is 0 Å². The maximum atomic E-state index is 6.21. The van der Waals surface area contributed by atoms with E-state index in [0.29, 0.717) is 0 Å². The molecule has 0 amide bonds. The van der Waals surface area contributed by atoms with Crippen LogP contribution in [-0.2, 0) is 0 Å². The number of hydrogen-bond donors (Lipinski definition) is 0. The molecule has 0 spiro atoms. The van der Waals surface area contributed by atoms with Crippen LogP contribution < -0.4 is 4.90 Å². The van der Waals surface area contributed by atoms with Crippen LogP contribution in [0, 0.1) is 0 Å². The van der Waals surface area contributed by atoms with Gasteiger partial charge in [-0.25, -0.2) is 0 Å². The Kier molecular flexibility index (Phi) is 12.4. The van der Waals surface area contributed by atoms with Gasteiger partial charge in [0.25, 0.3) is 0 Å². The van der Waals surface area contributed by atoms with E-state index in [9.17, 15) is 0 Å². The Morgan fingerprint density at radius 3 is 1.98 bits per heavy atom. The fraction of sp³-hybridized carbons (Fsp3) is 0.257. The van der Waals surface area contributed by atoms with Crippen LogP contribution >= 0.6 is 59.1 Å². The zero-order valence-corrected chi connectivity index (χ0v) is 29.0. The van der Waals surface area contributed by atoms with Gasteiger partial charge in [-0.1, -0.05) is 83.1 Å². The van der Waals surface area contributed by atoms with Crippen LogP contribution in [-0.4, -0.2) is 57.6 Å². The minimum atomic E-state index is 0. The summed E-state index contributed by atoms with van der Waals surface area (Å²) < 4.78 is 0. The molecule has 4 aromatic carbocycles. The third-order valence-electron chi connectivity index (χ3n) is 7.13. The van der Waals surface area contributed by atoms with E-state index in [1.165, 1.54) is 47.7 Å². The van der Waals surface area contributed by atoms with Crippen LogP contribution in [0.4, 0.5) is 11.4 Å². The fourth-order valence-electron chi connectivity index (χ4n) is 5.12. The summed E-state index contributed by atoms with van der Waals surface area (Å²) in [6, 6.07) is 29.5. The van der Waals surface area contributed by atoms with Crippen molar-refractivity contribution in [2.75, 3.05) is 52.7 Å². The number of para-hydroxylation sites is 1. The number of fused-ring (bicyclic) bond motifs is 4. The summed E-state index contributed by atoms with van der Waals surface area (Å²) in [7, 11) is 8.44. The van der Waals surface area contributed by atoms with Gasteiger partial charge in [-0.3, -0.25) is 0 Å². The van der Waals surface area contributed by atoms with Crippen molar-refractivity contribution in [1.82, 2.24) is 9.80 Å². The third-order valence-corrected chi connectivity index (χ3v) is 9.88. The molecule has 0 radical (unpaired) electrons. The second-order valence-electron chi connectivity index (χ2n) is 10.9. The van der Waals surface area contributed by atoms with Crippen LogP contribution in [0.3, 0.4) is 0 Å². The highest BCUT2D eigenvalue weighted by Crippen LogP contribution is 2.49. The minimum Gasteiger partial charge on any atom is -0.340 e. The highest BCUT2D eigenvalue weighted by Gasteiger charge is 2.23. The summed E-state index contributed by atoms with van der Waals surface area (Å²) in [6.45, 7) is 3.14. The first-order valence-electron chi connectivity index (χ1n) is 14.2. The maximum Gasteiger partial charge on any atom is 0.0567 e. The first kappa shape index (κ1) is 33.8. The number of halogens is 3. The minimum absolute atomic E-state index is 0. The molecule has 0 fully saturated rings. The Bertz CT molecular complexity index is 1570. The van der Waals surface area contributed by atoms with Gasteiger partial charge >= 0.3 is 0 Å². The van der Waals surface area contributed by atoms with Crippen LogP contribution in [0.5, 0.6) is 0 Å². The van der Waals surface area contributed by atoms with E-state index in [1.54, 1.807) is 0 Å². The molecule has 43 heavy (non-hydrogen) atoms. The van der Waals surface area contributed by atoms with Gasteiger partial charge in [0.05, 0.1) is 11.4 Å². The van der Waals surface area contributed by atoms with Crippen molar-refractivity contribution in [3.63, 3.8) is 0 Å². The highest BCUT2D eigenvalue weighted by atomic mass is 35.5. The highest BCUT2D eigenvalue weighted by molar-refractivity contribution is 8.00. The van der Waals surface area contributed by atoms with Crippen molar-refractivity contribution in [3.05, 3.63) is 112 Å². The molecule has 0 atom stereocenters. The summed E-state index contributed by atoms with van der Waals surface area (Å²) >= 11 is 16.1. The maximum absolute atomic E-state index is 6.21. The zero-order chi connectivity index (χ0) is 29.6. The Morgan fingerprint density at radius 1 is 0.651 bits per heavy atom. The summed E-state index contributed by atoms with van der Waals surface area (Å²) in [5, 5.41) is 1.60.